The van der Waals surface area contributed by atoms with Gasteiger partial charge in [-0.25, -0.2) is 4.79 Å². The van der Waals surface area contributed by atoms with Crippen LogP contribution in [-0.4, -0.2) is 42.2 Å². The van der Waals surface area contributed by atoms with Gasteiger partial charge in [0.1, 0.15) is 5.75 Å². The molecule has 0 spiro atoms. The lowest BCUT2D eigenvalue weighted by molar-refractivity contribution is -0.143. The second-order valence-electron chi connectivity index (χ2n) is 10.3. The molecule has 3 aromatic rings. The van der Waals surface area contributed by atoms with Gasteiger partial charge in [0.25, 0.3) is 0 Å². The van der Waals surface area contributed by atoms with Gasteiger partial charge in [-0.2, -0.15) is 26.3 Å². The number of amides is 2. The Kier molecular flexibility index (Phi) is 7.32. The summed E-state index contributed by atoms with van der Waals surface area (Å²) in [5, 5.41) is 5.80. The van der Waals surface area contributed by atoms with Gasteiger partial charge in [0.05, 0.1) is 29.8 Å². The molecule has 3 heterocycles. The first-order valence-corrected chi connectivity index (χ1v) is 12.9. The number of anilines is 1. The molecular formula is C28H28F6N4O2. The van der Waals surface area contributed by atoms with E-state index in [1.54, 1.807) is 30.5 Å². The summed E-state index contributed by atoms with van der Waals surface area (Å²) in [6.07, 6.45) is -6.63. The van der Waals surface area contributed by atoms with Gasteiger partial charge in [-0.3, -0.25) is 9.88 Å². The molecule has 12 heteroatoms. The number of fused-ring (bicyclic) bond motifs is 3. The number of carbonyl (C=O) groups is 1. The van der Waals surface area contributed by atoms with Crippen molar-refractivity contribution in [3.63, 3.8) is 0 Å². The number of hydrogen-bond acceptors (Lipinski definition) is 4. The molecule has 40 heavy (non-hydrogen) atoms. The highest BCUT2D eigenvalue weighted by atomic mass is 19.4. The van der Waals surface area contributed by atoms with E-state index in [9.17, 15) is 31.1 Å². The van der Waals surface area contributed by atoms with Crippen molar-refractivity contribution in [3.8, 4) is 5.75 Å². The average molecular weight is 567 g/mol. The number of halogens is 6. The van der Waals surface area contributed by atoms with E-state index in [1.165, 1.54) is 7.11 Å². The van der Waals surface area contributed by atoms with Crippen LogP contribution in [0.25, 0.3) is 10.9 Å². The summed E-state index contributed by atoms with van der Waals surface area (Å²) in [6, 6.07) is 6.45. The second kappa shape index (κ2) is 10.5. The third-order valence-electron chi connectivity index (χ3n) is 7.98. The predicted octanol–water partition coefficient (Wildman–Crippen LogP) is 6.87. The standard InChI is InChI=1S/C28H28F6N4O2/c1-3-15-13-38-14-16(15)8-24(38)25(21-6-7-35-23-5-4-20(40-2)12-22(21)23)37-26(39)36-19-10-17(27(29,30)31)9-18(11-19)28(32,33)34/h4-7,9-12,15-16,24-25H,3,8,13-14H2,1-2H3,(H2,36,37,39)/t15-,16?,24+,25-/m1/s1. The van der Waals surface area contributed by atoms with Crippen LogP contribution in [0.4, 0.5) is 36.8 Å². The van der Waals surface area contributed by atoms with Crippen LogP contribution in [0.3, 0.4) is 0 Å². The van der Waals surface area contributed by atoms with Crippen molar-refractivity contribution in [1.82, 2.24) is 15.2 Å². The summed E-state index contributed by atoms with van der Waals surface area (Å²) in [6.45, 7) is 3.84. The highest BCUT2D eigenvalue weighted by Crippen LogP contribution is 2.44. The lowest BCUT2D eigenvalue weighted by Crippen LogP contribution is -2.46. The maximum absolute atomic E-state index is 13.3. The Hall–Kier alpha value is -3.54. The topological polar surface area (TPSA) is 66.5 Å². The van der Waals surface area contributed by atoms with Gasteiger partial charge in [0.2, 0.25) is 0 Å². The summed E-state index contributed by atoms with van der Waals surface area (Å²) in [7, 11) is 1.52. The van der Waals surface area contributed by atoms with Crippen LogP contribution in [0, 0.1) is 11.8 Å². The van der Waals surface area contributed by atoms with E-state index in [2.05, 4.69) is 27.4 Å². The Morgan fingerprint density at radius 1 is 1.05 bits per heavy atom. The fourth-order valence-corrected chi connectivity index (χ4v) is 6.04. The number of aromatic nitrogens is 1. The molecule has 5 atom stereocenters. The number of rotatable bonds is 6. The maximum Gasteiger partial charge on any atom is 0.416 e. The highest BCUT2D eigenvalue weighted by Gasteiger charge is 2.47. The minimum atomic E-state index is -5.03. The van der Waals surface area contributed by atoms with Crippen LogP contribution in [0.2, 0.25) is 0 Å². The number of benzene rings is 2. The minimum absolute atomic E-state index is 0.0229. The van der Waals surface area contributed by atoms with Gasteiger partial charge in [0, 0.05) is 36.4 Å². The van der Waals surface area contributed by atoms with Gasteiger partial charge in [0.15, 0.2) is 0 Å². The van der Waals surface area contributed by atoms with Crippen molar-refractivity contribution < 1.29 is 35.9 Å². The minimum Gasteiger partial charge on any atom is -0.497 e. The van der Waals surface area contributed by atoms with E-state index in [-0.39, 0.29) is 12.1 Å². The average Bonchev–Trinajstić information content (AvgIpc) is 3.51. The van der Waals surface area contributed by atoms with Crippen molar-refractivity contribution in [2.24, 2.45) is 11.8 Å². The number of pyridine rings is 1. The first-order chi connectivity index (χ1) is 18.9. The van der Waals surface area contributed by atoms with Crippen LogP contribution < -0.4 is 15.4 Å². The molecule has 2 aliphatic rings. The molecule has 0 aliphatic carbocycles. The summed E-state index contributed by atoms with van der Waals surface area (Å²) in [5.74, 6) is 1.54. The van der Waals surface area contributed by atoms with Crippen LogP contribution in [0.1, 0.15) is 42.5 Å². The largest absolute Gasteiger partial charge is 0.497 e. The fourth-order valence-electron chi connectivity index (χ4n) is 6.04. The molecule has 2 fully saturated rings. The highest BCUT2D eigenvalue weighted by molar-refractivity contribution is 5.91. The molecular weight excluding hydrogens is 538 g/mol. The second-order valence-corrected chi connectivity index (χ2v) is 10.3. The van der Waals surface area contributed by atoms with E-state index in [0.29, 0.717) is 35.2 Å². The number of carbonyl (C=O) groups excluding carboxylic acids is 1. The summed E-state index contributed by atoms with van der Waals surface area (Å²) in [5.41, 5.74) is -2.25. The number of urea groups is 1. The van der Waals surface area contributed by atoms with Crippen molar-refractivity contribution in [2.45, 2.75) is 44.2 Å². The lowest BCUT2D eigenvalue weighted by Gasteiger charge is -2.36. The Bertz CT molecular complexity index is 1380. The molecule has 214 valence electrons. The molecule has 2 N–H and O–H groups in total. The zero-order valence-corrected chi connectivity index (χ0v) is 21.7. The van der Waals surface area contributed by atoms with Gasteiger partial charge < -0.3 is 15.4 Å². The number of nitrogens with one attached hydrogen (secondary N) is 2. The molecule has 0 saturated carbocycles. The number of piperidine rings is 1. The molecule has 2 saturated heterocycles. The molecule has 2 bridgehead atoms. The fraction of sp³-hybridized carbons (Fsp3) is 0.429. The monoisotopic (exact) mass is 566 g/mol. The number of alkyl halides is 6. The van der Waals surface area contributed by atoms with E-state index in [0.717, 1.165) is 36.9 Å². The lowest BCUT2D eigenvalue weighted by atomic mass is 9.83. The van der Waals surface area contributed by atoms with Gasteiger partial charge in [-0.15, -0.1) is 0 Å². The van der Waals surface area contributed by atoms with E-state index in [1.807, 2.05) is 0 Å². The van der Waals surface area contributed by atoms with E-state index < -0.39 is 41.2 Å². The molecule has 2 amide bonds. The van der Waals surface area contributed by atoms with Crippen LogP contribution in [0.5, 0.6) is 5.75 Å². The zero-order valence-electron chi connectivity index (χ0n) is 21.7. The third kappa shape index (κ3) is 5.54. The quantitative estimate of drug-likeness (QED) is 0.320. The van der Waals surface area contributed by atoms with Crippen molar-refractivity contribution in [3.05, 3.63) is 65.4 Å². The summed E-state index contributed by atoms with van der Waals surface area (Å²) in [4.78, 5) is 19.9. The molecule has 6 nitrogen and oxygen atoms in total. The molecule has 0 radical (unpaired) electrons. The van der Waals surface area contributed by atoms with Gasteiger partial charge in [-0.05, 0) is 66.3 Å². The van der Waals surface area contributed by atoms with Crippen molar-refractivity contribution in [1.29, 1.82) is 0 Å². The number of nitrogens with zero attached hydrogens (tertiary/aromatic N) is 2. The van der Waals surface area contributed by atoms with Gasteiger partial charge >= 0.3 is 18.4 Å². The number of ether oxygens (including phenoxy) is 1. The molecule has 2 aliphatic heterocycles. The van der Waals surface area contributed by atoms with Gasteiger partial charge in [-0.1, -0.05) is 13.3 Å². The number of methoxy groups -OCH3 is 1. The Morgan fingerprint density at radius 2 is 1.75 bits per heavy atom. The van der Waals surface area contributed by atoms with E-state index in [4.69, 9.17) is 4.74 Å². The summed E-state index contributed by atoms with van der Waals surface area (Å²) < 4.78 is 85.5. The molecule has 1 aromatic heterocycles. The van der Waals surface area contributed by atoms with Crippen LogP contribution >= 0.6 is 0 Å². The maximum atomic E-state index is 13.3. The molecule has 2 aromatic carbocycles. The number of hydrogen-bond donors (Lipinski definition) is 2. The smallest absolute Gasteiger partial charge is 0.416 e. The van der Waals surface area contributed by atoms with Crippen LogP contribution in [0.15, 0.2) is 48.7 Å². The first kappa shape index (κ1) is 28.0. The van der Waals surface area contributed by atoms with Crippen LogP contribution in [-0.2, 0) is 12.4 Å². The zero-order chi connectivity index (χ0) is 28.8. The Balaban J connectivity index is 1.49. The Labute approximate surface area is 226 Å². The van der Waals surface area contributed by atoms with E-state index >= 15 is 0 Å². The van der Waals surface area contributed by atoms with Crippen molar-refractivity contribution >= 4 is 22.6 Å². The normalized spacial score (nSPS) is 23.3. The molecule has 2 unspecified atom stereocenters. The predicted molar refractivity (Wildman–Crippen MR) is 137 cm³/mol. The Morgan fingerprint density at radius 3 is 2.33 bits per heavy atom. The molecule has 5 rings (SSSR count). The third-order valence-corrected chi connectivity index (χ3v) is 7.98. The first-order valence-electron chi connectivity index (χ1n) is 12.9. The van der Waals surface area contributed by atoms with Crippen molar-refractivity contribution in [2.75, 3.05) is 25.5 Å². The SMILES string of the molecule is CC[C@@H]1CN2CC1C[C@H]2[C@H](NC(=O)Nc1cc(C(F)(F)F)cc(C(F)(F)F)c1)c1ccnc2ccc(OC)cc12. The summed E-state index contributed by atoms with van der Waals surface area (Å²) >= 11 is 0.